The highest BCUT2D eigenvalue weighted by Gasteiger charge is 2.13. The molecule has 0 atom stereocenters. The van der Waals surface area contributed by atoms with E-state index in [1.165, 1.54) is 5.69 Å². The van der Waals surface area contributed by atoms with Crippen LogP contribution in [0.4, 0.5) is 11.4 Å². The van der Waals surface area contributed by atoms with E-state index in [1.54, 1.807) is 17.4 Å². The first-order valence-electron chi connectivity index (χ1n) is 7.77. The fourth-order valence-electron chi connectivity index (χ4n) is 2.55. The average Bonchev–Trinajstić information content (AvgIpc) is 3.08. The van der Waals surface area contributed by atoms with Crippen molar-refractivity contribution in [3.8, 4) is 0 Å². The Morgan fingerprint density at radius 2 is 1.87 bits per heavy atom. The molecule has 0 saturated carbocycles. The first-order chi connectivity index (χ1) is 11.2. The Kier molecular flexibility index (Phi) is 5.10. The Labute approximate surface area is 141 Å². The second kappa shape index (κ2) is 7.44. The maximum Gasteiger partial charge on any atom is 0.248 e. The molecular weight excluding hydrogens is 306 g/mol. The fourth-order valence-corrected chi connectivity index (χ4v) is 3.17. The molecule has 0 bridgehead atoms. The lowest BCUT2D eigenvalue weighted by Gasteiger charge is -2.34. The topological polar surface area (TPSA) is 35.6 Å². The lowest BCUT2D eigenvalue weighted by Crippen LogP contribution is -2.44. The molecule has 120 valence electrons. The van der Waals surface area contributed by atoms with Crippen LogP contribution in [0.3, 0.4) is 0 Å². The Morgan fingerprint density at radius 1 is 1.13 bits per heavy atom. The zero-order valence-electron chi connectivity index (χ0n) is 13.2. The van der Waals surface area contributed by atoms with Crippen molar-refractivity contribution in [3.05, 3.63) is 52.7 Å². The number of amides is 1. The molecule has 0 unspecified atom stereocenters. The number of likely N-dealkylation sites (N-methyl/N-ethyl adjacent to an activating group) is 1. The van der Waals surface area contributed by atoms with E-state index in [0.717, 1.165) is 36.7 Å². The lowest BCUT2D eigenvalue weighted by molar-refractivity contribution is -0.111. The number of carbonyl (C=O) groups excluding carboxylic acids is 1. The molecule has 1 aromatic carbocycles. The van der Waals surface area contributed by atoms with E-state index in [-0.39, 0.29) is 5.91 Å². The molecule has 3 rings (SSSR count). The van der Waals surface area contributed by atoms with E-state index in [9.17, 15) is 4.79 Å². The summed E-state index contributed by atoms with van der Waals surface area (Å²) in [6, 6.07) is 12.0. The normalized spacial score (nSPS) is 16.0. The molecule has 1 aromatic heterocycles. The lowest BCUT2D eigenvalue weighted by atomic mass is 10.2. The Hall–Kier alpha value is -2.11. The number of anilines is 2. The molecule has 2 aromatic rings. The van der Waals surface area contributed by atoms with E-state index >= 15 is 0 Å². The number of nitrogens with one attached hydrogen (secondary N) is 1. The van der Waals surface area contributed by atoms with Crippen molar-refractivity contribution in [1.82, 2.24) is 4.90 Å². The molecule has 1 aliphatic heterocycles. The maximum atomic E-state index is 11.9. The van der Waals surface area contributed by atoms with Crippen molar-refractivity contribution >= 4 is 34.7 Å². The minimum absolute atomic E-state index is 0.106. The summed E-state index contributed by atoms with van der Waals surface area (Å²) >= 11 is 1.61. The molecule has 1 amide bonds. The number of carbonyl (C=O) groups is 1. The summed E-state index contributed by atoms with van der Waals surface area (Å²) in [5, 5.41) is 4.89. The van der Waals surface area contributed by atoms with Gasteiger partial charge in [-0.2, -0.15) is 0 Å². The second-order valence-electron chi connectivity index (χ2n) is 5.68. The summed E-state index contributed by atoms with van der Waals surface area (Å²) in [6.45, 7) is 4.27. The summed E-state index contributed by atoms with van der Waals surface area (Å²) in [5.41, 5.74) is 2.04. The molecule has 0 radical (unpaired) electrons. The van der Waals surface area contributed by atoms with E-state index in [0.29, 0.717) is 0 Å². The van der Waals surface area contributed by atoms with Gasteiger partial charge in [-0.15, -0.1) is 11.3 Å². The second-order valence-corrected chi connectivity index (χ2v) is 6.65. The van der Waals surface area contributed by atoms with Gasteiger partial charge in [-0.3, -0.25) is 4.79 Å². The standard InChI is InChI=1S/C18H21N3OS/c1-20-10-12-21(13-11-20)16-6-4-15(5-7-16)19-18(22)9-8-17-3-2-14-23-17/h2-9,14H,10-13H2,1H3,(H,19,22). The van der Waals surface area contributed by atoms with Gasteiger partial charge in [-0.1, -0.05) is 6.07 Å². The number of benzene rings is 1. The third kappa shape index (κ3) is 4.43. The van der Waals surface area contributed by atoms with Crippen LogP contribution in [0.2, 0.25) is 0 Å². The Balaban J connectivity index is 1.56. The summed E-state index contributed by atoms with van der Waals surface area (Å²) in [4.78, 5) is 17.7. The zero-order valence-corrected chi connectivity index (χ0v) is 14.1. The molecule has 1 fully saturated rings. The van der Waals surface area contributed by atoms with E-state index in [4.69, 9.17) is 0 Å². The minimum atomic E-state index is -0.106. The van der Waals surface area contributed by atoms with Gasteiger partial charge >= 0.3 is 0 Å². The van der Waals surface area contributed by atoms with Crippen LogP contribution in [0, 0.1) is 0 Å². The van der Waals surface area contributed by atoms with E-state index < -0.39 is 0 Å². The first-order valence-corrected chi connectivity index (χ1v) is 8.65. The molecule has 5 heteroatoms. The third-order valence-corrected chi connectivity index (χ3v) is 4.78. The van der Waals surface area contributed by atoms with Gasteiger partial charge in [-0.25, -0.2) is 0 Å². The van der Waals surface area contributed by atoms with Crippen LogP contribution in [-0.4, -0.2) is 44.0 Å². The zero-order chi connectivity index (χ0) is 16.1. The van der Waals surface area contributed by atoms with Crippen molar-refractivity contribution in [2.24, 2.45) is 0 Å². The number of rotatable bonds is 4. The number of hydrogen-bond donors (Lipinski definition) is 1. The number of hydrogen-bond acceptors (Lipinski definition) is 4. The smallest absolute Gasteiger partial charge is 0.248 e. The van der Waals surface area contributed by atoms with Crippen LogP contribution >= 0.6 is 11.3 Å². The van der Waals surface area contributed by atoms with Gasteiger partial charge in [-0.05, 0) is 48.8 Å². The summed E-state index contributed by atoms with van der Waals surface area (Å²) < 4.78 is 0. The van der Waals surface area contributed by atoms with Crippen LogP contribution in [0.25, 0.3) is 6.08 Å². The van der Waals surface area contributed by atoms with Crippen LogP contribution in [0.1, 0.15) is 4.88 Å². The van der Waals surface area contributed by atoms with Crippen LogP contribution < -0.4 is 10.2 Å². The Morgan fingerprint density at radius 3 is 2.52 bits per heavy atom. The summed E-state index contributed by atoms with van der Waals surface area (Å²) in [5.74, 6) is -0.106. The summed E-state index contributed by atoms with van der Waals surface area (Å²) in [7, 11) is 2.15. The predicted molar refractivity (Wildman–Crippen MR) is 98.1 cm³/mol. The predicted octanol–water partition coefficient (Wildman–Crippen LogP) is 3.15. The van der Waals surface area contributed by atoms with Crippen molar-refractivity contribution in [2.75, 3.05) is 43.4 Å². The van der Waals surface area contributed by atoms with Gasteiger partial charge in [0.05, 0.1) is 0 Å². The highest BCUT2D eigenvalue weighted by molar-refractivity contribution is 7.10. The number of nitrogens with zero attached hydrogens (tertiary/aromatic N) is 2. The molecule has 23 heavy (non-hydrogen) atoms. The van der Waals surface area contributed by atoms with Gasteiger partial charge in [0, 0.05) is 48.5 Å². The monoisotopic (exact) mass is 327 g/mol. The molecule has 0 spiro atoms. The average molecular weight is 327 g/mol. The van der Waals surface area contributed by atoms with Crippen LogP contribution in [0.5, 0.6) is 0 Å². The van der Waals surface area contributed by atoms with Crippen molar-refractivity contribution < 1.29 is 4.79 Å². The number of thiophene rings is 1. The summed E-state index contributed by atoms with van der Waals surface area (Å²) in [6.07, 6.45) is 3.40. The van der Waals surface area contributed by atoms with Crippen molar-refractivity contribution in [2.45, 2.75) is 0 Å². The van der Waals surface area contributed by atoms with Gasteiger partial charge in [0.2, 0.25) is 5.91 Å². The SMILES string of the molecule is CN1CCN(c2ccc(NC(=O)C=Cc3cccs3)cc2)CC1. The van der Waals surface area contributed by atoms with Crippen LogP contribution in [-0.2, 0) is 4.79 Å². The minimum Gasteiger partial charge on any atom is -0.369 e. The molecule has 1 saturated heterocycles. The third-order valence-electron chi connectivity index (χ3n) is 3.95. The molecule has 1 aliphatic rings. The highest BCUT2D eigenvalue weighted by atomic mass is 32.1. The van der Waals surface area contributed by atoms with Gasteiger partial charge in [0.15, 0.2) is 0 Å². The first kappa shape index (κ1) is 15.8. The van der Waals surface area contributed by atoms with Gasteiger partial charge in [0.1, 0.15) is 0 Å². The Bertz CT molecular complexity index is 656. The highest BCUT2D eigenvalue weighted by Crippen LogP contribution is 2.19. The van der Waals surface area contributed by atoms with Crippen molar-refractivity contribution in [3.63, 3.8) is 0 Å². The largest absolute Gasteiger partial charge is 0.369 e. The van der Waals surface area contributed by atoms with E-state index in [1.807, 2.05) is 35.7 Å². The molecule has 2 heterocycles. The van der Waals surface area contributed by atoms with Gasteiger partial charge in [0.25, 0.3) is 0 Å². The van der Waals surface area contributed by atoms with Crippen LogP contribution in [0.15, 0.2) is 47.9 Å². The quantitative estimate of drug-likeness (QED) is 0.876. The molecule has 1 N–H and O–H groups in total. The number of piperazine rings is 1. The van der Waals surface area contributed by atoms with E-state index in [2.05, 4.69) is 34.3 Å². The fraction of sp³-hybridized carbons (Fsp3) is 0.278. The maximum absolute atomic E-state index is 11.9. The molecule has 4 nitrogen and oxygen atoms in total. The molecular formula is C18H21N3OS. The molecule has 0 aliphatic carbocycles. The van der Waals surface area contributed by atoms with Gasteiger partial charge < -0.3 is 15.1 Å². The van der Waals surface area contributed by atoms with Crippen molar-refractivity contribution in [1.29, 1.82) is 0 Å².